The van der Waals surface area contributed by atoms with Crippen LogP contribution in [0, 0.1) is 11.3 Å². The molecule has 4 nitrogen and oxygen atoms in total. The van der Waals surface area contributed by atoms with Crippen LogP contribution in [0.4, 0.5) is 0 Å². The van der Waals surface area contributed by atoms with Crippen molar-refractivity contribution in [3.8, 4) is 0 Å². The van der Waals surface area contributed by atoms with Gasteiger partial charge in [0.05, 0.1) is 11.5 Å². The van der Waals surface area contributed by atoms with Gasteiger partial charge >= 0.3 is 0 Å². The predicted molar refractivity (Wildman–Crippen MR) is 106 cm³/mol. The van der Waals surface area contributed by atoms with Gasteiger partial charge in [-0.3, -0.25) is 4.90 Å². The van der Waals surface area contributed by atoms with Crippen LogP contribution in [0.15, 0.2) is 30.3 Å². The average molecular weight is 377 g/mol. The number of likely N-dealkylation sites (tertiary alicyclic amines) is 2. The van der Waals surface area contributed by atoms with Gasteiger partial charge in [0.15, 0.2) is 9.84 Å². The fraction of sp³-hybridized carbons (Fsp3) is 0.714. The minimum atomic E-state index is -2.78. The van der Waals surface area contributed by atoms with Crippen molar-refractivity contribution in [1.82, 2.24) is 9.80 Å². The van der Waals surface area contributed by atoms with E-state index in [2.05, 4.69) is 40.1 Å². The zero-order valence-corrected chi connectivity index (χ0v) is 16.6. The predicted octanol–water partition coefficient (Wildman–Crippen LogP) is 2.80. The minimum absolute atomic E-state index is 0.363. The summed E-state index contributed by atoms with van der Waals surface area (Å²) < 4.78 is 23.8. The van der Waals surface area contributed by atoms with Crippen molar-refractivity contribution in [2.75, 3.05) is 44.2 Å². The molecule has 0 N–H and O–H groups in total. The lowest BCUT2D eigenvalue weighted by Gasteiger charge is -2.39. The van der Waals surface area contributed by atoms with E-state index in [1.165, 1.54) is 44.5 Å². The summed E-state index contributed by atoms with van der Waals surface area (Å²) in [5, 5.41) is 0. The molecule has 3 aliphatic heterocycles. The van der Waals surface area contributed by atoms with Gasteiger partial charge in [0.25, 0.3) is 0 Å². The molecule has 3 heterocycles. The maximum atomic E-state index is 11.9. The third-order valence-electron chi connectivity index (χ3n) is 6.76. The van der Waals surface area contributed by atoms with E-state index in [0.29, 0.717) is 22.8 Å². The van der Waals surface area contributed by atoms with Crippen molar-refractivity contribution in [1.29, 1.82) is 0 Å². The van der Waals surface area contributed by atoms with E-state index >= 15 is 0 Å². The van der Waals surface area contributed by atoms with Crippen molar-refractivity contribution < 1.29 is 8.42 Å². The second kappa shape index (κ2) is 7.61. The molecule has 26 heavy (non-hydrogen) atoms. The Labute approximate surface area is 158 Å². The quantitative estimate of drug-likeness (QED) is 0.810. The van der Waals surface area contributed by atoms with E-state index in [0.717, 1.165) is 32.5 Å². The fourth-order valence-electron chi connectivity index (χ4n) is 5.25. The highest BCUT2D eigenvalue weighted by atomic mass is 32.2. The minimum Gasteiger partial charge on any atom is -0.302 e. The molecule has 0 saturated carbocycles. The van der Waals surface area contributed by atoms with E-state index < -0.39 is 9.84 Å². The van der Waals surface area contributed by atoms with Crippen LogP contribution in [-0.4, -0.2) is 62.4 Å². The number of benzene rings is 1. The van der Waals surface area contributed by atoms with Crippen molar-refractivity contribution in [2.24, 2.45) is 11.3 Å². The Hall–Kier alpha value is -0.910. The number of piperidine rings is 1. The highest BCUT2D eigenvalue weighted by Gasteiger charge is 2.41. The molecule has 0 aromatic heterocycles. The van der Waals surface area contributed by atoms with Crippen LogP contribution in [0.1, 0.15) is 37.7 Å². The van der Waals surface area contributed by atoms with E-state index in [9.17, 15) is 8.42 Å². The Kier molecular flexibility index (Phi) is 5.40. The molecular weight excluding hydrogens is 344 g/mol. The Morgan fingerprint density at radius 2 is 1.69 bits per heavy atom. The molecule has 1 spiro atoms. The van der Waals surface area contributed by atoms with Crippen LogP contribution < -0.4 is 0 Å². The molecule has 0 aliphatic carbocycles. The van der Waals surface area contributed by atoms with Crippen LogP contribution in [0.2, 0.25) is 0 Å². The van der Waals surface area contributed by atoms with Gasteiger partial charge in [0, 0.05) is 19.6 Å². The normalized spacial score (nSPS) is 29.2. The van der Waals surface area contributed by atoms with Gasteiger partial charge in [0.2, 0.25) is 0 Å². The molecule has 144 valence electrons. The maximum absolute atomic E-state index is 11.9. The molecule has 1 aromatic rings. The Morgan fingerprint density at radius 3 is 2.38 bits per heavy atom. The van der Waals surface area contributed by atoms with Crippen molar-refractivity contribution in [3.63, 3.8) is 0 Å². The first-order valence-corrected chi connectivity index (χ1v) is 12.0. The molecule has 5 heteroatoms. The van der Waals surface area contributed by atoms with E-state index in [4.69, 9.17) is 0 Å². The lowest BCUT2D eigenvalue weighted by atomic mass is 9.77. The van der Waals surface area contributed by atoms with Gasteiger partial charge < -0.3 is 4.90 Å². The first kappa shape index (κ1) is 18.5. The highest BCUT2D eigenvalue weighted by molar-refractivity contribution is 7.91. The standard InChI is InChI=1S/C21H32N2O2S/c24-26(25)14-4-7-20(17-26)16-23-13-10-21(18-23)8-11-22(12-9-21)15-19-5-2-1-3-6-19/h1-3,5-6,20H,4,7-18H2. The highest BCUT2D eigenvalue weighted by Crippen LogP contribution is 2.41. The number of sulfone groups is 1. The van der Waals surface area contributed by atoms with Crippen LogP contribution >= 0.6 is 0 Å². The van der Waals surface area contributed by atoms with Crippen LogP contribution in [-0.2, 0) is 16.4 Å². The Balaban J connectivity index is 1.26. The van der Waals surface area contributed by atoms with Gasteiger partial charge in [0.1, 0.15) is 0 Å². The second-order valence-corrected chi connectivity index (χ2v) is 11.1. The molecule has 0 amide bonds. The summed E-state index contributed by atoms with van der Waals surface area (Å²) in [6, 6.07) is 10.8. The van der Waals surface area contributed by atoms with Gasteiger partial charge in [-0.05, 0) is 68.6 Å². The number of nitrogens with zero attached hydrogens (tertiary/aromatic N) is 2. The van der Waals surface area contributed by atoms with Crippen LogP contribution in [0.3, 0.4) is 0 Å². The first-order valence-electron chi connectivity index (χ1n) is 10.2. The maximum Gasteiger partial charge on any atom is 0.150 e. The Morgan fingerprint density at radius 1 is 1.00 bits per heavy atom. The third kappa shape index (κ3) is 4.49. The first-order chi connectivity index (χ1) is 12.5. The Bertz CT molecular complexity index is 696. The molecule has 3 aliphatic rings. The van der Waals surface area contributed by atoms with Crippen LogP contribution in [0.25, 0.3) is 0 Å². The molecule has 0 radical (unpaired) electrons. The van der Waals surface area contributed by atoms with Gasteiger partial charge in [-0.25, -0.2) is 8.42 Å². The lowest BCUT2D eigenvalue weighted by Crippen LogP contribution is -2.42. The molecular formula is C21H32N2O2S. The number of rotatable bonds is 4. The second-order valence-electron chi connectivity index (χ2n) is 8.87. The topological polar surface area (TPSA) is 40.6 Å². The van der Waals surface area contributed by atoms with E-state index in [1.54, 1.807) is 0 Å². The summed E-state index contributed by atoms with van der Waals surface area (Å²) >= 11 is 0. The largest absolute Gasteiger partial charge is 0.302 e. The third-order valence-corrected chi connectivity index (χ3v) is 8.65. The van der Waals surface area contributed by atoms with Gasteiger partial charge in [-0.1, -0.05) is 30.3 Å². The zero-order chi connectivity index (χ0) is 18.0. The van der Waals surface area contributed by atoms with Crippen molar-refractivity contribution >= 4 is 9.84 Å². The number of hydrogen-bond donors (Lipinski definition) is 0. The molecule has 0 bridgehead atoms. The van der Waals surface area contributed by atoms with Crippen molar-refractivity contribution in [2.45, 2.75) is 38.6 Å². The van der Waals surface area contributed by atoms with E-state index in [1.807, 2.05) is 0 Å². The SMILES string of the molecule is O=S1(=O)CCCC(CN2CCC3(CCN(Cc4ccccc4)CC3)C2)C1. The summed E-state index contributed by atoms with van der Waals surface area (Å²) in [5.74, 6) is 1.19. The molecule has 3 saturated heterocycles. The molecule has 3 fully saturated rings. The van der Waals surface area contributed by atoms with E-state index in [-0.39, 0.29) is 0 Å². The number of hydrogen-bond acceptors (Lipinski definition) is 4. The molecule has 4 rings (SSSR count). The summed E-state index contributed by atoms with van der Waals surface area (Å²) in [5.41, 5.74) is 1.90. The summed E-state index contributed by atoms with van der Waals surface area (Å²) in [6.45, 7) is 6.80. The molecule has 1 unspecified atom stereocenters. The summed E-state index contributed by atoms with van der Waals surface area (Å²) in [6.07, 6.45) is 5.83. The summed E-state index contributed by atoms with van der Waals surface area (Å²) in [4.78, 5) is 5.16. The zero-order valence-electron chi connectivity index (χ0n) is 15.8. The molecule has 1 atom stereocenters. The van der Waals surface area contributed by atoms with Gasteiger partial charge in [-0.2, -0.15) is 0 Å². The average Bonchev–Trinajstić information content (AvgIpc) is 3.00. The summed E-state index contributed by atoms with van der Waals surface area (Å²) in [7, 11) is -2.78. The fourth-order valence-corrected chi connectivity index (χ4v) is 7.01. The van der Waals surface area contributed by atoms with Crippen LogP contribution in [0.5, 0.6) is 0 Å². The van der Waals surface area contributed by atoms with Gasteiger partial charge in [-0.15, -0.1) is 0 Å². The van der Waals surface area contributed by atoms with Crippen molar-refractivity contribution in [3.05, 3.63) is 35.9 Å². The molecule has 1 aromatic carbocycles. The monoisotopic (exact) mass is 376 g/mol. The lowest BCUT2D eigenvalue weighted by molar-refractivity contribution is 0.101. The smallest absolute Gasteiger partial charge is 0.150 e.